The van der Waals surface area contributed by atoms with Gasteiger partial charge in [0.1, 0.15) is 18.4 Å². The number of aryl methyl sites for hydroxylation is 1. The second-order valence-corrected chi connectivity index (χ2v) is 14.8. The number of alkyl halides is 3. The number of hydrogen-bond donors (Lipinski definition) is 2. The van der Waals surface area contributed by atoms with Crippen molar-refractivity contribution in [1.82, 2.24) is 15.1 Å². The SMILES string of the molecule is C[C@H](N(Cc1ccc(F)cc1)C(=O)CN1C(=O)O[C@@]2(CCc3cc(NC(=O)CCCNC(=O)CCCCCC4CCCCCC4)ccc32)C1=O)C(F)(F)F. The second-order valence-electron chi connectivity index (χ2n) is 14.8. The summed E-state index contributed by atoms with van der Waals surface area (Å²) in [6, 6.07) is 7.12. The van der Waals surface area contributed by atoms with E-state index in [4.69, 9.17) is 4.74 Å². The van der Waals surface area contributed by atoms with Gasteiger partial charge in [-0.2, -0.15) is 13.2 Å². The molecule has 5 amide bonds. The van der Waals surface area contributed by atoms with Crippen LogP contribution >= 0.6 is 0 Å². The molecule has 1 saturated carbocycles. The number of amides is 5. The van der Waals surface area contributed by atoms with Gasteiger partial charge < -0.3 is 20.3 Å². The minimum Gasteiger partial charge on any atom is -0.427 e. The van der Waals surface area contributed by atoms with Crippen molar-refractivity contribution >= 4 is 35.4 Å². The van der Waals surface area contributed by atoms with Crippen molar-refractivity contribution in [3.05, 3.63) is 65.0 Å². The third kappa shape index (κ3) is 10.4. The molecule has 2 atom stereocenters. The van der Waals surface area contributed by atoms with Gasteiger partial charge in [0, 0.05) is 43.6 Å². The third-order valence-electron chi connectivity index (χ3n) is 10.9. The molecule has 2 aliphatic carbocycles. The summed E-state index contributed by atoms with van der Waals surface area (Å²) in [7, 11) is 0. The lowest BCUT2D eigenvalue weighted by molar-refractivity contribution is -0.187. The highest BCUT2D eigenvalue weighted by Crippen LogP contribution is 2.46. The Hall–Kier alpha value is -4.49. The average Bonchev–Trinajstić information content (AvgIpc) is 3.44. The lowest BCUT2D eigenvalue weighted by Crippen LogP contribution is -2.51. The molecular weight excluding hydrogens is 708 g/mol. The van der Waals surface area contributed by atoms with E-state index in [1.165, 1.54) is 57.1 Å². The molecule has 294 valence electrons. The van der Waals surface area contributed by atoms with Crippen LogP contribution in [0, 0.1) is 11.7 Å². The molecule has 0 radical (unpaired) electrons. The molecule has 2 aromatic carbocycles. The number of ether oxygens (including phenoxy) is 1. The Morgan fingerprint density at radius 3 is 2.35 bits per heavy atom. The van der Waals surface area contributed by atoms with E-state index in [-0.39, 0.29) is 30.2 Å². The summed E-state index contributed by atoms with van der Waals surface area (Å²) in [6.45, 7) is -0.345. The van der Waals surface area contributed by atoms with Crippen LogP contribution in [-0.2, 0) is 42.5 Å². The van der Waals surface area contributed by atoms with Crippen LogP contribution < -0.4 is 10.6 Å². The fourth-order valence-corrected chi connectivity index (χ4v) is 7.70. The number of imide groups is 1. The van der Waals surface area contributed by atoms with Gasteiger partial charge in [0.2, 0.25) is 23.3 Å². The van der Waals surface area contributed by atoms with Crippen molar-refractivity contribution in [3.63, 3.8) is 0 Å². The highest BCUT2D eigenvalue weighted by atomic mass is 19.4. The van der Waals surface area contributed by atoms with Crippen LogP contribution in [0.15, 0.2) is 42.5 Å². The molecule has 0 bridgehead atoms. The lowest BCUT2D eigenvalue weighted by atomic mass is 9.93. The topological polar surface area (TPSA) is 125 Å². The lowest BCUT2D eigenvalue weighted by Gasteiger charge is -2.31. The number of anilines is 1. The van der Waals surface area contributed by atoms with Gasteiger partial charge in [0.25, 0.3) is 5.91 Å². The maximum absolute atomic E-state index is 13.8. The molecule has 5 rings (SSSR count). The van der Waals surface area contributed by atoms with E-state index in [0.29, 0.717) is 52.4 Å². The molecule has 1 heterocycles. The minimum atomic E-state index is -4.81. The average molecular weight is 759 g/mol. The first-order valence-electron chi connectivity index (χ1n) is 19.1. The van der Waals surface area contributed by atoms with Gasteiger partial charge in [-0.15, -0.1) is 0 Å². The predicted octanol–water partition coefficient (Wildman–Crippen LogP) is 7.68. The molecule has 54 heavy (non-hydrogen) atoms. The minimum absolute atomic E-state index is 0.0132. The van der Waals surface area contributed by atoms with Crippen LogP contribution in [0.25, 0.3) is 0 Å². The Bertz CT molecular complexity index is 1660. The molecule has 1 spiro atoms. The molecule has 3 aliphatic rings. The summed E-state index contributed by atoms with van der Waals surface area (Å²) < 4.78 is 60.2. The first-order valence-corrected chi connectivity index (χ1v) is 19.1. The van der Waals surface area contributed by atoms with Gasteiger partial charge in [0.05, 0.1) is 0 Å². The zero-order chi connectivity index (χ0) is 38.9. The highest BCUT2D eigenvalue weighted by molar-refractivity contribution is 6.06. The van der Waals surface area contributed by atoms with E-state index in [9.17, 15) is 41.5 Å². The summed E-state index contributed by atoms with van der Waals surface area (Å²) in [4.78, 5) is 65.9. The number of rotatable bonds is 16. The Morgan fingerprint density at radius 2 is 1.65 bits per heavy atom. The third-order valence-corrected chi connectivity index (χ3v) is 10.9. The van der Waals surface area contributed by atoms with E-state index in [1.807, 2.05) is 0 Å². The normalized spacial score (nSPS) is 19.3. The number of nitrogens with one attached hydrogen (secondary N) is 2. The Kier molecular flexibility index (Phi) is 13.7. The molecule has 0 aromatic heterocycles. The quantitative estimate of drug-likeness (QED) is 0.103. The van der Waals surface area contributed by atoms with E-state index in [2.05, 4.69) is 10.6 Å². The Morgan fingerprint density at radius 1 is 0.944 bits per heavy atom. The van der Waals surface area contributed by atoms with Gasteiger partial charge in [-0.3, -0.25) is 19.2 Å². The van der Waals surface area contributed by atoms with E-state index < -0.39 is 54.6 Å². The van der Waals surface area contributed by atoms with Crippen molar-refractivity contribution in [2.75, 3.05) is 18.4 Å². The van der Waals surface area contributed by atoms with Crippen LogP contribution in [0.3, 0.4) is 0 Å². The molecule has 2 aromatic rings. The highest BCUT2D eigenvalue weighted by Gasteiger charge is 2.58. The molecule has 1 aliphatic heterocycles. The van der Waals surface area contributed by atoms with Gasteiger partial charge in [-0.1, -0.05) is 76.0 Å². The molecule has 14 heteroatoms. The van der Waals surface area contributed by atoms with E-state index in [1.54, 1.807) is 18.2 Å². The fourth-order valence-electron chi connectivity index (χ4n) is 7.70. The Labute approximate surface area is 313 Å². The van der Waals surface area contributed by atoms with Gasteiger partial charge in [-0.25, -0.2) is 14.1 Å². The summed E-state index contributed by atoms with van der Waals surface area (Å²) >= 11 is 0. The van der Waals surface area contributed by atoms with Crippen molar-refractivity contribution in [3.8, 4) is 0 Å². The smallest absolute Gasteiger partial charge is 0.418 e. The number of nitrogens with zero attached hydrogens (tertiary/aromatic N) is 2. The predicted molar refractivity (Wildman–Crippen MR) is 192 cm³/mol. The number of carbonyl (C=O) groups is 5. The van der Waals surface area contributed by atoms with Crippen molar-refractivity contribution in [1.29, 1.82) is 0 Å². The summed E-state index contributed by atoms with van der Waals surface area (Å²) in [5.74, 6) is -2.04. The monoisotopic (exact) mass is 758 g/mol. The molecule has 2 N–H and O–H groups in total. The number of carbonyl (C=O) groups excluding carboxylic acids is 5. The molecule has 2 fully saturated rings. The number of benzene rings is 2. The largest absolute Gasteiger partial charge is 0.427 e. The second kappa shape index (κ2) is 18.2. The van der Waals surface area contributed by atoms with E-state index in [0.717, 1.165) is 44.2 Å². The zero-order valence-corrected chi connectivity index (χ0v) is 30.8. The van der Waals surface area contributed by atoms with Crippen LogP contribution in [0.2, 0.25) is 0 Å². The van der Waals surface area contributed by atoms with Crippen LogP contribution in [0.1, 0.15) is 114 Å². The van der Waals surface area contributed by atoms with Gasteiger partial charge in [0.15, 0.2) is 0 Å². The fraction of sp³-hybridized carbons (Fsp3) is 0.575. The van der Waals surface area contributed by atoms with Crippen molar-refractivity contribution in [2.45, 2.75) is 128 Å². The first-order chi connectivity index (χ1) is 25.8. The van der Waals surface area contributed by atoms with Crippen LogP contribution in [0.5, 0.6) is 0 Å². The molecule has 10 nitrogen and oxygen atoms in total. The van der Waals surface area contributed by atoms with Gasteiger partial charge >= 0.3 is 12.3 Å². The summed E-state index contributed by atoms with van der Waals surface area (Å²) in [5, 5.41) is 5.70. The Balaban J connectivity index is 1.08. The summed E-state index contributed by atoms with van der Waals surface area (Å²) in [6.07, 6.45) is 7.89. The molecule has 0 unspecified atom stereocenters. The standard InChI is InChI=1S/C40H50F4N4O6/c1-27(40(42,43)44)47(25-29-15-17-31(41)18-16-29)36(51)26-48-37(52)39(54-38(48)53)22-21-30-24-32(19-20-33(30)39)46-35(50)14-9-23-45-34(49)13-8-4-7-12-28-10-5-2-3-6-11-28/h15-20,24,27-28H,2-14,21-23,25-26H2,1H3,(H,45,49)(H,46,50)/t27-,39+/m0/s1. The van der Waals surface area contributed by atoms with Crippen LogP contribution in [-0.4, -0.2) is 64.8 Å². The van der Waals surface area contributed by atoms with Crippen molar-refractivity contribution < 1.29 is 46.3 Å². The first kappa shape index (κ1) is 40.7. The number of fused-ring (bicyclic) bond motifs is 2. The number of unbranched alkanes of at least 4 members (excludes halogenated alkanes) is 2. The molecule has 1 saturated heterocycles. The maximum atomic E-state index is 13.8. The zero-order valence-electron chi connectivity index (χ0n) is 30.8. The van der Waals surface area contributed by atoms with E-state index >= 15 is 0 Å². The van der Waals surface area contributed by atoms with Crippen molar-refractivity contribution in [2.24, 2.45) is 5.92 Å². The maximum Gasteiger partial charge on any atom is 0.418 e. The number of hydrogen-bond acceptors (Lipinski definition) is 6. The number of halogens is 4. The molecular formula is C40H50F4N4O6. The van der Waals surface area contributed by atoms with Gasteiger partial charge in [-0.05, 0) is 67.5 Å². The van der Waals surface area contributed by atoms with Crippen LogP contribution in [0.4, 0.5) is 28.0 Å². The summed E-state index contributed by atoms with van der Waals surface area (Å²) in [5.41, 5.74) is -0.0624.